The van der Waals surface area contributed by atoms with Gasteiger partial charge in [-0.3, -0.25) is 4.98 Å². The minimum atomic E-state index is 0.0862. The van der Waals surface area contributed by atoms with Crippen molar-refractivity contribution in [2.75, 3.05) is 0 Å². The van der Waals surface area contributed by atoms with Crippen LogP contribution in [0.5, 0.6) is 0 Å². The molecule has 0 fully saturated rings. The van der Waals surface area contributed by atoms with Crippen LogP contribution in [0.1, 0.15) is 31.5 Å². The van der Waals surface area contributed by atoms with E-state index in [-0.39, 0.29) is 6.04 Å². The maximum atomic E-state index is 5.88. The highest BCUT2D eigenvalue weighted by Gasteiger charge is 2.04. The largest absolute Gasteiger partial charge is 0.323 e. The second kappa shape index (κ2) is 4.58. The number of rotatable bonds is 3. The minimum absolute atomic E-state index is 0.0862. The summed E-state index contributed by atoms with van der Waals surface area (Å²) in [6.07, 6.45) is 3.87. The standard InChI is InChI=1S/C9H13BrN2/c1-2-3-8(11)9-5-4-7(10)6-12-9/h4-6,8H,2-3,11H2,1H3/t8-/m0/s1. The summed E-state index contributed by atoms with van der Waals surface area (Å²) in [6.45, 7) is 2.12. The lowest BCUT2D eigenvalue weighted by molar-refractivity contribution is 0.621. The van der Waals surface area contributed by atoms with Crippen molar-refractivity contribution in [3.63, 3.8) is 0 Å². The molecule has 0 aliphatic rings. The van der Waals surface area contributed by atoms with Gasteiger partial charge in [0, 0.05) is 16.7 Å². The molecule has 12 heavy (non-hydrogen) atoms. The Bertz CT molecular complexity index is 233. The number of nitrogens with two attached hydrogens (primary N) is 1. The molecule has 1 rings (SSSR count). The Morgan fingerprint density at radius 3 is 2.83 bits per heavy atom. The van der Waals surface area contributed by atoms with Crippen molar-refractivity contribution in [2.45, 2.75) is 25.8 Å². The van der Waals surface area contributed by atoms with E-state index in [1.54, 1.807) is 6.20 Å². The third-order valence-electron chi connectivity index (χ3n) is 1.73. The minimum Gasteiger partial charge on any atom is -0.323 e. The smallest absolute Gasteiger partial charge is 0.0571 e. The maximum absolute atomic E-state index is 5.88. The molecule has 0 aliphatic heterocycles. The molecular weight excluding hydrogens is 216 g/mol. The van der Waals surface area contributed by atoms with Gasteiger partial charge in [0.05, 0.1) is 5.69 Å². The van der Waals surface area contributed by atoms with Gasteiger partial charge in [0.2, 0.25) is 0 Å². The van der Waals surface area contributed by atoms with E-state index in [1.165, 1.54) is 0 Å². The van der Waals surface area contributed by atoms with E-state index >= 15 is 0 Å². The molecular formula is C9H13BrN2. The summed E-state index contributed by atoms with van der Waals surface area (Å²) in [5.41, 5.74) is 6.85. The Labute approximate surface area is 81.3 Å². The summed E-state index contributed by atoms with van der Waals surface area (Å²) in [6, 6.07) is 4.02. The zero-order valence-corrected chi connectivity index (χ0v) is 8.71. The van der Waals surface area contributed by atoms with E-state index < -0.39 is 0 Å². The number of aromatic nitrogens is 1. The highest BCUT2D eigenvalue weighted by Crippen LogP contribution is 2.15. The Morgan fingerprint density at radius 2 is 2.33 bits per heavy atom. The summed E-state index contributed by atoms with van der Waals surface area (Å²) in [7, 11) is 0. The van der Waals surface area contributed by atoms with Crippen LogP contribution in [0.4, 0.5) is 0 Å². The van der Waals surface area contributed by atoms with Crippen molar-refractivity contribution in [3.8, 4) is 0 Å². The lowest BCUT2D eigenvalue weighted by Gasteiger charge is -2.08. The van der Waals surface area contributed by atoms with Crippen LogP contribution in [0.3, 0.4) is 0 Å². The first-order valence-corrected chi connectivity index (χ1v) is 4.90. The molecule has 1 aromatic heterocycles. The van der Waals surface area contributed by atoms with Gasteiger partial charge in [0.25, 0.3) is 0 Å². The average Bonchev–Trinajstić information content (AvgIpc) is 2.06. The fraction of sp³-hybridized carbons (Fsp3) is 0.444. The van der Waals surface area contributed by atoms with Gasteiger partial charge in [0.15, 0.2) is 0 Å². The van der Waals surface area contributed by atoms with Crippen LogP contribution in [0.25, 0.3) is 0 Å². The zero-order valence-electron chi connectivity index (χ0n) is 7.13. The number of nitrogens with zero attached hydrogens (tertiary/aromatic N) is 1. The molecule has 1 atom stereocenters. The molecule has 0 aromatic carbocycles. The molecule has 0 unspecified atom stereocenters. The topological polar surface area (TPSA) is 38.9 Å². The van der Waals surface area contributed by atoms with E-state index in [0.29, 0.717) is 0 Å². The van der Waals surface area contributed by atoms with Gasteiger partial charge in [-0.05, 0) is 34.5 Å². The number of hydrogen-bond donors (Lipinski definition) is 1. The van der Waals surface area contributed by atoms with Gasteiger partial charge in [-0.15, -0.1) is 0 Å². The Balaban J connectivity index is 2.68. The second-order valence-corrected chi connectivity index (χ2v) is 3.71. The Hall–Kier alpha value is -0.410. The number of pyridine rings is 1. The highest BCUT2D eigenvalue weighted by atomic mass is 79.9. The summed E-state index contributed by atoms with van der Waals surface area (Å²) in [4.78, 5) is 4.22. The molecule has 2 nitrogen and oxygen atoms in total. The molecule has 2 N–H and O–H groups in total. The van der Waals surface area contributed by atoms with Crippen LogP contribution in [0.2, 0.25) is 0 Å². The second-order valence-electron chi connectivity index (χ2n) is 2.80. The van der Waals surface area contributed by atoms with Crippen LogP contribution < -0.4 is 5.73 Å². The van der Waals surface area contributed by atoms with Gasteiger partial charge in [-0.2, -0.15) is 0 Å². The van der Waals surface area contributed by atoms with Gasteiger partial charge in [-0.25, -0.2) is 0 Å². The van der Waals surface area contributed by atoms with Crippen LogP contribution in [0.15, 0.2) is 22.8 Å². The Kier molecular flexibility index (Phi) is 3.69. The molecule has 0 amide bonds. The molecule has 66 valence electrons. The first kappa shape index (κ1) is 9.68. The summed E-state index contributed by atoms with van der Waals surface area (Å²) < 4.78 is 0.995. The normalized spacial score (nSPS) is 12.9. The van der Waals surface area contributed by atoms with Crippen molar-refractivity contribution >= 4 is 15.9 Å². The summed E-state index contributed by atoms with van der Waals surface area (Å²) in [5.74, 6) is 0. The maximum Gasteiger partial charge on any atom is 0.0571 e. The molecule has 0 saturated carbocycles. The fourth-order valence-corrected chi connectivity index (χ4v) is 1.30. The van der Waals surface area contributed by atoms with Crippen molar-refractivity contribution < 1.29 is 0 Å². The lowest BCUT2D eigenvalue weighted by Crippen LogP contribution is -2.11. The molecule has 0 saturated heterocycles. The summed E-state index contributed by atoms with van der Waals surface area (Å²) in [5, 5.41) is 0. The van der Waals surface area contributed by atoms with Gasteiger partial charge < -0.3 is 5.73 Å². The van der Waals surface area contributed by atoms with Crippen LogP contribution >= 0.6 is 15.9 Å². The first-order chi connectivity index (χ1) is 5.74. The molecule has 0 spiro atoms. The molecule has 1 heterocycles. The van der Waals surface area contributed by atoms with Crippen LogP contribution in [-0.2, 0) is 0 Å². The molecule has 1 aromatic rings. The molecule has 3 heteroatoms. The lowest BCUT2D eigenvalue weighted by atomic mass is 10.1. The van der Waals surface area contributed by atoms with Gasteiger partial charge in [-0.1, -0.05) is 13.3 Å². The summed E-state index contributed by atoms with van der Waals surface area (Å²) >= 11 is 3.33. The molecule has 0 bridgehead atoms. The number of halogens is 1. The van der Waals surface area contributed by atoms with E-state index in [4.69, 9.17) is 5.73 Å². The zero-order chi connectivity index (χ0) is 8.97. The highest BCUT2D eigenvalue weighted by molar-refractivity contribution is 9.10. The van der Waals surface area contributed by atoms with Crippen molar-refractivity contribution in [2.24, 2.45) is 5.73 Å². The first-order valence-electron chi connectivity index (χ1n) is 4.11. The van der Waals surface area contributed by atoms with Crippen LogP contribution in [-0.4, -0.2) is 4.98 Å². The van der Waals surface area contributed by atoms with Crippen molar-refractivity contribution in [3.05, 3.63) is 28.5 Å². The van der Waals surface area contributed by atoms with Gasteiger partial charge in [0.1, 0.15) is 0 Å². The van der Waals surface area contributed by atoms with Crippen molar-refractivity contribution in [1.29, 1.82) is 0 Å². The quantitative estimate of drug-likeness (QED) is 0.865. The van der Waals surface area contributed by atoms with Crippen LogP contribution in [0, 0.1) is 0 Å². The molecule has 0 radical (unpaired) electrons. The van der Waals surface area contributed by atoms with E-state index in [0.717, 1.165) is 23.0 Å². The van der Waals surface area contributed by atoms with E-state index in [9.17, 15) is 0 Å². The van der Waals surface area contributed by atoms with E-state index in [1.807, 2.05) is 12.1 Å². The SMILES string of the molecule is CCC[C@H](N)c1ccc(Br)cn1. The number of hydrogen-bond acceptors (Lipinski definition) is 2. The fourth-order valence-electron chi connectivity index (χ4n) is 1.07. The predicted octanol–water partition coefficient (Wildman–Crippen LogP) is 2.64. The predicted molar refractivity (Wildman–Crippen MR) is 53.8 cm³/mol. The van der Waals surface area contributed by atoms with Gasteiger partial charge >= 0.3 is 0 Å². The monoisotopic (exact) mass is 228 g/mol. The third-order valence-corrected chi connectivity index (χ3v) is 2.20. The van der Waals surface area contributed by atoms with E-state index in [2.05, 4.69) is 27.8 Å². The average molecular weight is 229 g/mol. The molecule has 0 aliphatic carbocycles. The third kappa shape index (κ3) is 2.57. The Morgan fingerprint density at radius 1 is 1.58 bits per heavy atom. The van der Waals surface area contributed by atoms with Crippen molar-refractivity contribution in [1.82, 2.24) is 4.98 Å².